The molecule has 1 aliphatic carbocycles. The van der Waals surface area contributed by atoms with Crippen LogP contribution in [-0.2, 0) is 13.6 Å². The second-order valence-electron chi connectivity index (χ2n) is 5.65. The molecule has 1 aliphatic rings. The van der Waals surface area contributed by atoms with Gasteiger partial charge in [0.2, 0.25) is 0 Å². The number of aryl methyl sites for hydroxylation is 1. The van der Waals surface area contributed by atoms with Gasteiger partial charge < -0.3 is 9.88 Å². The minimum atomic E-state index is 0.567. The summed E-state index contributed by atoms with van der Waals surface area (Å²) >= 11 is 0. The van der Waals surface area contributed by atoms with Crippen LogP contribution in [0.1, 0.15) is 44.0 Å². The Morgan fingerprint density at radius 2 is 2.17 bits per heavy atom. The zero-order chi connectivity index (χ0) is 12.7. The first-order valence-corrected chi connectivity index (χ1v) is 6.84. The summed E-state index contributed by atoms with van der Waals surface area (Å²) in [6.07, 6.45) is 2.64. The number of fused-ring (bicyclic) bond motifs is 1. The van der Waals surface area contributed by atoms with E-state index in [1.54, 1.807) is 0 Å². The predicted octanol–water partition coefficient (Wildman–Crippen LogP) is 2.95. The van der Waals surface area contributed by atoms with Gasteiger partial charge in [-0.25, -0.2) is 4.98 Å². The average molecular weight is 243 g/mol. The van der Waals surface area contributed by atoms with Gasteiger partial charge >= 0.3 is 0 Å². The smallest absolute Gasteiger partial charge is 0.123 e. The number of hydrogen-bond acceptors (Lipinski definition) is 2. The van der Waals surface area contributed by atoms with Crippen molar-refractivity contribution in [2.75, 3.05) is 0 Å². The van der Waals surface area contributed by atoms with Crippen molar-refractivity contribution in [3.8, 4) is 0 Å². The maximum Gasteiger partial charge on any atom is 0.123 e. The molecule has 1 heterocycles. The van der Waals surface area contributed by atoms with Gasteiger partial charge in [0.15, 0.2) is 0 Å². The van der Waals surface area contributed by atoms with E-state index in [0.717, 1.165) is 23.9 Å². The minimum absolute atomic E-state index is 0.567. The molecule has 1 aromatic heterocycles. The van der Waals surface area contributed by atoms with Crippen molar-refractivity contribution < 1.29 is 0 Å². The molecule has 0 aliphatic heterocycles. The predicted molar refractivity (Wildman–Crippen MR) is 74.7 cm³/mol. The number of nitrogens with zero attached hydrogens (tertiary/aromatic N) is 2. The van der Waals surface area contributed by atoms with Gasteiger partial charge in [-0.05, 0) is 36.5 Å². The Morgan fingerprint density at radius 1 is 1.39 bits per heavy atom. The Hall–Kier alpha value is -1.35. The number of rotatable bonds is 4. The molecule has 3 nitrogen and oxygen atoms in total. The molecule has 2 aromatic rings. The fraction of sp³-hybridized carbons (Fsp3) is 0.533. The summed E-state index contributed by atoms with van der Waals surface area (Å²) in [4.78, 5) is 4.71. The average Bonchev–Trinajstić information content (AvgIpc) is 3.12. The van der Waals surface area contributed by atoms with E-state index in [9.17, 15) is 0 Å². The third-order valence-electron chi connectivity index (χ3n) is 3.79. The van der Waals surface area contributed by atoms with Crippen LogP contribution in [0.25, 0.3) is 11.0 Å². The molecule has 0 unspecified atom stereocenters. The standard InChI is InChI=1S/C15H21N3/c1-10(2)11-4-7-13-14(8-11)18(3)15(17-13)9-16-12-5-6-12/h4,7-8,10,12,16H,5-6,9H2,1-3H3. The zero-order valence-electron chi connectivity index (χ0n) is 11.4. The number of nitrogens with one attached hydrogen (secondary N) is 1. The molecule has 0 spiro atoms. The summed E-state index contributed by atoms with van der Waals surface area (Å²) in [5.74, 6) is 1.70. The van der Waals surface area contributed by atoms with E-state index in [-0.39, 0.29) is 0 Å². The molecule has 18 heavy (non-hydrogen) atoms. The van der Waals surface area contributed by atoms with Gasteiger partial charge in [0.05, 0.1) is 17.6 Å². The fourth-order valence-electron chi connectivity index (χ4n) is 2.30. The van der Waals surface area contributed by atoms with E-state index in [2.05, 4.69) is 49.0 Å². The highest BCUT2D eigenvalue weighted by Crippen LogP contribution is 2.23. The normalized spacial score (nSPS) is 15.8. The first kappa shape index (κ1) is 11.7. The monoisotopic (exact) mass is 243 g/mol. The second-order valence-corrected chi connectivity index (χ2v) is 5.65. The van der Waals surface area contributed by atoms with Gasteiger partial charge in [0.1, 0.15) is 5.82 Å². The van der Waals surface area contributed by atoms with Crippen LogP contribution >= 0.6 is 0 Å². The molecular formula is C15H21N3. The summed E-state index contributed by atoms with van der Waals surface area (Å²) in [7, 11) is 2.11. The molecule has 1 N–H and O–H groups in total. The molecule has 3 heteroatoms. The van der Waals surface area contributed by atoms with Crippen LogP contribution in [0, 0.1) is 0 Å². The minimum Gasteiger partial charge on any atom is -0.330 e. The van der Waals surface area contributed by atoms with Crippen molar-refractivity contribution in [3.63, 3.8) is 0 Å². The lowest BCUT2D eigenvalue weighted by Gasteiger charge is -2.06. The summed E-state index contributed by atoms with van der Waals surface area (Å²) in [5.41, 5.74) is 3.73. The molecule has 1 aromatic carbocycles. The lowest BCUT2D eigenvalue weighted by molar-refractivity contribution is 0.639. The maximum atomic E-state index is 4.71. The third kappa shape index (κ3) is 2.15. The van der Waals surface area contributed by atoms with Crippen molar-refractivity contribution in [1.82, 2.24) is 14.9 Å². The van der Waals surface area contributed by atoms with Crippen LogP contribution in [-0.4, -0.2) is 15.6 Å². The molecule has 0 amide bonds. The number of aromatic nitrogens is 2. The van der Waals surface area contributed by atoms with E-state index in [4.69, 9.17) is 4.98 Å². The van der Waals surface area contributed by atoms with Gasteiger partial charge in [0.25, 0.3) is 0 Å². The molecular weight excluding hydrogens is 222 g/mol. The Morgan fingerprint density at radius 3 is 2.83 bits per heavy atom. The van der Waals surface area contributed by atoms with Crippen molar-refractivity contribution in [2.24, 2.45) is 7.05 Å². The molecule has 0 radical (unpaired) electrons. The van der Waals surface area contributed by atoms with Crippen molar-refractivity contribution >= 4 is 11.0 Å². The van der Waals surface area contributed by atoms with Crippen LogP contribution in [0.15, 0.2) is 18.2 Å². The van der Waals surface area contributed by atoms with Gasteiger partial charge in [-0.3, -0.25) is 0 Å². The molecule has 96 valence electrons. The molecule has 1 fully saturated rings. The maximum absolute atomic E-state index is 4.71. The second kappa shape index (κ2) is 4.39. The Labute approximate surface area is 108 Å². The highest BCUT2D eigenvalue weighted by Gasteiger charge is 2.21. The van der Waals surface area contributed by atoms with Crippen molar-refractivity contribution in [3.05, 3.63) is 29.6 Å². The van der Waals surface area contributed by atoms with E-state index in [1.165, 1.54) is 23.9 Å². The first-order valence-electron chi connectivity index (χ1n) is 6.84. The van der Waals surface area contributed by atoms with Crippen LogP contribution in [0.2, 0.25) is 0 Å². The topological polar surface area (TPSA) is 29.9 Å². The SMILES string of the molecule is CC(C)c1ccc2nc(CNC3CC3)n(C)c2c1. The van der Waals surface area contributed by atoms with Gasteiger partial charge in [0, 0.05) is 13.1 Å². The Kier molecular flexibility index (Phi) is 2.86. The fourth-order valence-corrected chi connectivity index (χ4v) is 2.30. The van der Waals surface area contributed by atoms with Crippen molar-refractivity contribution in [2.45, 2.75) is 45.2 Å². The number of benzene rings is 1. The highest BCUT2D eigenvalue weighted by molar-refractivity contribution is 5.77. The van der Waals surface area contributed by atoms with E-state index in [1.807, 2.05) is 0 Å². The van der Waals surface area contributed by atoms with Gasteiger partial charge in [-0.15, -0.1) is 0 Å². The molecule has 1 saturated carbocycles. The molecule has 0 atom stereocenters. The first-order chi connectivity index (χ1) is 8.65. The highest BCUT2D eigenvalue weighted by atomic mass is 15.1. The zero-order valence-corrected chi connectivity index (χ0v) is 11.4. The Balaban J connectivity index is 1.93. The van der Waals surface area contributed by atoms with E-state index >= 15 is 0 Å². The summed E-state index contributed by atoms with van der Waals surface area (Å²) in [6.45, 7) is 5.34. The van der Waals surface area contributed by atoms with Gasteiger partial charge in [-0.2, -0.15) is 0 Å². The molecule has 3 rings (SSSR count). The quantitative estimate of drug-likeness (QED) is 0.894. The largest absolute Gasteiger partial charge is 0.330 e. The summed E-state index contributed by atoms with van der Waals surface area (Å²) in [5, 5.41) is 3.53. The van der Waals surface area contributed by atoms with E-state index in [0.29, 0.717) is 5.92 Å². The lowest BCUT2D eigenvalue weighted by Crippen LogP contribution is -2.18. The van der Waals surface area contributed by atoms with Crippen LogP contribution < -0.4 is 5.32 Å². The molecule has 0 bridgehead atoms. The van der Waals surface area contributed by atoms with Crippen LogP contribution in [0.4, 0.5) is 0 Å². The molecule has 0 saturated heterocycles. The van der Waals surface area contributed by atoms with E-state index < -0.39 is 0 Å². The van der Waals surface area contributed by atoms with Gasteiger partial charge in [-0.1, -0.05) is 19.9 Å². The Bertz CT molecular complexity index is 564. The lowest BCUT2D eigenvalue weighted by atomic mass is 10.0. The number of hydrogen-bond donors (Lipinski definition) is 1. The summed E-state index contributed by atoms with van der Waals surface area (Å²) < 4.78 is 2.22. The van der Waals surface area contributed by atoms with Crippen molar-refractivity contribution in [1.29, 1.82) is 0 Å². The summed E-state index contributed by atoms with van der Waals surface area (Å²) in [6, 6.07) is 7.34. The van der Waals surface area contributed by atoms with Crippen LogP contribution in [0.3, 0.4) is 0 Å². The third-order valence-corrected chi connectivity index (χ3v) is 3.79. The number of imidazole rings is 1. The van der Waals surface area contributed by atoms with Crippen LogP contribution in [0.5, 0.6) is 0 Å².